The van der Waals surface area contributed by atoms with E-state index in [1.807, 2.05) is 20.8 Å². The van der Waals surface area contributed by atoms with Crippen molar-refractivity contribution in [1.29, 1.82) is 0 Å². The minimum absolute atomic E-state index is 0.0442. The van der Waals surface area contributed by atoms with Crippen molar-refractivity contribution in [3.63, 3.8) is 0 Å². The predicted octanol–water partition coefficient (Wildman–Crippen LogP) is 2.71. The third kappa shape index (κ3) is 4.83. The number of hydrogen-bond acceptors (Lipinski definition) is 3. The second kappa shape index (κ2) is 4.74. The van der Waals surface area contributed by atoms with Gasteiger partial charge in [-0.3, -0.25) is 4.72 Å². The highest BCUT2D eigenvalue weighted by Crippen LogP contribution is 2.24. The van der Waals surface area contributed by atoms with Crippen LogP contribution in [0, 0.1) is 5.41 Å². The van der Waals surface area contributed by atoms with Crippen molar-refractivity contribution in [2.75, 3.05) is 16.2 Å². The highest BCUT2D eigenvalue weighted by Gasteiger charge is 2.21. The summed E-state index contributed by atoms with van der Waals surface area (Å²) in [4.78, 5) is 0. The Bertz CT molecular complexity index is 507. The molecule has 0 bridgehead atoms. The van der Waals surface area contributed by atoms with Crippen LogP contribution in [0.15, 0.2) is 18.2 Å². The first-order valence-electron chi connectivity index (χ1n) is 5.15. The van der Waals surface area contributed by atoms with Gasteiger partial charge in [0.05, 0.1) is 22.2 Å². The van der Waals surface area contributed by atoms with Crippen LogP contribution >= 0.6 is 11.6 Å². The number of benzene rings is 1. The number of hydrogen-bond donors (Lipinski definition) is 2. The van der Waals surface area contributed by atoms with Gasteiger partial charge in [-0.15, -0.1) is 0 Å². The molecule has 0 aliphatic rings. The number of anilines is 2. The van der Waals surface area contributed by atoms with Gasteiger partial charge in [0.1, 0.15) is 0 Å². The van der Waals surface area contributed by atoms with Gasteiger partial charge in [0.25, 0.3) is 0 Å². The molecule has 1 aromatic carbocycles. The molecule has 0 aliphatic carbocycles. The predicted molar refractivity (Wildman–Crippen MR) is 72.7 cm³/mol. The van der Waals surface area contributed by atoms with Crippen LogP contribution in [0.2, 0.25) is 5.02 Å². The molecule has 4 nitrogen and oxygen atoms in total. The van der Waals surface area contributed by atoms with Crippen molar-refractivity contribution in [1.82, 2.24) is 0 Å². The number of nitrogens with two attached hydrogens (primary N) is 1. The van der Waals surface area contributed by atoms with Gasteiger partial charge in [-0.25, -0.2) is 8.42 Å². The number of nitrogen functional groups attached to an aromatic ring is 1. The van der Waals surface area contributed by atoms with Gasteiger partial charge >= 0.3 is 0 Å². The summed E-state index contributed by atoms with van der Waals surface area (Å²) in [6, 6.07) is 4.65. The second-order valence-corrected chi connectivity index (χ2v) is 7.29. The normalized spacial score (nSPS) is 12.5. The average molecular weight is 277 g/mol. The van der Waals surface area contributed by atoms with Crippen LogP contribution in [-0.2, 0) is 10.0 Å². The first-order valence-corrected chi connectivity index (χ1v) is 7.18. The molecular formula is C11H17ClN2O2S. The van der Waals surface area contributed by atoms with Crippen molar-refractivity contribution in [3.8, 4) is 0 Å². The van der Waals surface area contributed by atoms with Crippen molar-refractivity contribution in [2.45, 2.75) is 20.8 Å². The average Bonchev–Trinajstić information content (AvgIpc) is 2.06. The van der Waals surface area contributed by atoms with Crippen LogP contribution in [-0.4, -0.2) is 14.2 Å². The maximum Gasteiger partial charge on any atom is 0.233 e. The summed E-state index contributed by atoms with van der Waals surface area (Å²) in [5.41, 5.74) is 6.07. The van der Waals surface area contributed by atoms with Gasteiger partial charge < -0.3 is 5.73 Å². The highest BCUT2D eigenvalue weighted by molar-refractivity contribution is 7.92. The summed E-state index contributed by atoms with van der Waals surface area (Å²) in [5, 5.41) is 0.406. The molecule has 17 heavy (non-hydrogen) atoms. The topological polar surface area (TPSA) is 72.2 Å². The SMILES string of the molecule is CC(C)(C)CS(=O)(=O)Nc1ccc(Cl)c(N)c1. The van der Waals surface area contributed by atoms with Gasteiger partial charge in [0.15, 0.2) is 0 Å². The molecule has 0 atom stereocenters. The van der Waals surface area contributed by atoms with Crippen LogP contribution in [0.4, 0.5) is 11.4 Å². The number of halogens is 1. The van der Waals surface area contributed by atoms with E-state index in [0.717, 1.165) is 0 Å². The lowest BCUT2D eigenvalue weighted by atomic mass is 10.0. The Labute approximate surface area is 107 Å². The van der Waals surface area contributed by atoms with Crippen LogP contribution < -0.4 is 10.5 Å². The number of nitrogens with one attached hydrogen (secondary N) is 1. The van der Waals surface area contributed by atoms with E-state index in [2.05, 4.69) is 4.72 Å². The number of sulfonamides is 1. The smallest absolute Gasteiger partial charge is 0.233 e. The van der Waals surface area contributed by atoms with E-state index in [4.69, 9.17) is 17.3 Å². The summed E-state index contributed by atoms with van der Waals surface area (Å²) < 4.78 is 26.1. The van der Waals surface area contributed by atoms with Crippen LogP contribution in [0.3, 0.4) is 0 Å². The molecule has 0 fully saturated rings. The van der Waals surface area contributed by atoms with E-state index < -0.39 is 10.0 Å². The largest absolute Gasteiger partial charge is 0.397 e. The minimum atomic E-state index is -3.37. The first-order chi connectivity index (χ1) is 7.59. The zero-order valence-electron chi connectivity index (χ0n) is 10.1. The van der Waals surface area contributed by atoms with Crippen LogP contribution in [0.5, 0.6) is 0 Å². The molecule has 0 radical (unpaired) electrons. The van der Waals surface area contributed by atoms with E-state index >= 15 is 0 Å². The summed E-state index contributed by atoms with van der Waals surface area (Å²) in [6.45, 7) is 5.59. The van der Waals surface area contributed by atoms with Crippen LogP contribution in [0.1, 0.15) is 20.8 Å². The zero-order valence-corrected chi connectivity index (χ0v) is 11.7. The van der Waals surface area contributed by atoms with E-state index in [0.29, 0.717) is 16.4 Å². The molecular weight excluding hydrogens is 260 g/mol. The Hall–Kier alpha value is -0.940. The molecule has 6 heteroatoms. The lowest BCUT2D eigenvalue weighted by Crippen LogP contribution is -2.26. The monoisotopic (exact) mass is 276 g/mol. The quantitative estimate of drug-likeness (QED) is 0.834. The lowest BCUT2D eigenvalue weighted by Gasteiger charge is -2.18. The molecule has 96 valence electrons. The molecule has 0 unspecified atom stereocenters. The van der Waals surface area contributed by atoms with Crippen molar-refractivity contribution < 1.29 is 8.42 Å². The fourth-order valence-corrected chi connectivity index (χ4v) is 3.21. The van der Waals surface area contributed by atoms with Gasteiger partial charge in [-0.2, -0.15) is 0 Å². The maximum absolute atomic E-state index is 11.8. The molecule has 0 aromatic heterocycles. The third-order valence-corrected chi connectivity index (χ3v) is 4.03. The molecule has 1 rings (SSSR count). The maximum atomic E-state index is 11.8. The van der Waals surface area contributed by atoms with E-state index in [-0.39, 0.29) is 11.2 Å². The Balaban J connectivity index is 2.87. The van der Waals surface area contributed by atoms with Gasteiger partial charge in [0, 0.05) is 0 Å². The van der Waals surface area contributed by atoms with E-state index in [1.54, 1.807) is 12.1 Å². The van der Waals surface area contributed by atoms with Crippen molar-refractivity contribution in [3.05, 3.63) is 23.2 Å². The number of rotatable bonds is 3. The van der Waals surface area contributed by atoms with Gasteiger partial charge in [0.2, 0.25) is 10.0 Å². The van der Waals surface area contributed by atoms with Crippen molar-refractivity contribution in [2.24, 2.45) is 5.41 Å². The van der Waals surface area contributed by atoms with Gasteiger partial charge in [-0.05, 0) is 23.6 Å². The molecule has 0 spiro atoms. The van der Waals surface area contributed by atoms with E-state index in [9.17, 15) is 8.42 Å². The molecule has 0 amide bonds. The third-order valence-electron chi connectivity index (χ3n) is 1.89. The standard InChI is InChI=1S/C11H17ClN2O2S/c1-11(2,3)7-17(15,16)14-8-4-5-9(12)10(13)6-8/h4-6,14H,7,13H2,1-3H3. The van der Waals surface area contributed by atoms with Gasteiger partial charge in [-0.1, -0.05) is 32.4 Å². The fourth-order valence-electron chi connectivity index (χ4n) is 1.39. The molecule has 3 N–H and O–H groups in total. The Morgan fingerprint density at radius 2 is 1.94 bits per heavy atom. The second-order valence-electron chi connectivity index (χ2n) is 5.16. The summed E-state index contributed by atoms with van der Waals surface area (Å²) in [5.74, 6) is 0.0442. The van der Waals surface area contributed by atoms with E-state index in [1.165, 1.54) is 6.07 Å². The summed E-state index contributed by atoms with van der Waals surface area (Å²) >= 11 is 5.76. The van der Waals surface area contributed by atoms with Crippen LogP contribution in [0.25, 0.3) is 0 Å². The highest BCUT2D eigenvalue weighted by atomic mass is 35.5. The molecule has 0 saturated carbocycles. The lowest BCUT2D eigenvalue weighted by molar-refractivity contribution is 0.463. The first kappa shape index (κ1) is 14.1. The molecule has 1 aromatic rings. The minimum Gasteiger partial charge on any atom is -0.397 e. The summed E-state index contributed by atoms with van der Waals surface area (Å²) in [6.07, 6.45) is 0. The zero-order chi connectivity index (χ0) is 13.3. The molecule has 0 saturated heterocycles. The fraction of sp³-hybridized carbons (Fsp3) is 0.455. The Morgan fingerprint density at radius 3 is 2.41 bits per heavy atom. The van der Waals surface area contributed by atoms with Crippen molar-refractivity contribution >= 4 is 33.0 Å². The Kier molecular flexibility index (Phi) is 3.94. The Morgan fingerprint density at radius 1 is 1.35 bits per heavy atom. The molecule has 0 aliphatic heterocycles. The summed E-state index contributed by atoms with van der Waals surface area (Å²) in [7, 11) is -3.37. The molecule has 0 heterocycles.